The Labute approximate surface area is 203 Å². The van der Waals surface area contributed by atoms with Crippen molar-refractivity contribution < 1.29 is 14.6 Å². The number of halogens is 1. The Kier molecular flexibility index (Phi) is 4.67. The molecule has 1 atom stereocenters. The van der Waals surface area contributed by atoms with Crippen molar-refractivity contribution in [2.24, 2.45) is 0 Å². The van der Waals surface area contributed by atoms with E-state index in [9.17, 15) is 10.2 Å². The van der Waals surface area contributed by atoms with E-state index < -0.39 is 0 Å². The summed E-state index contributed by atoms with van der Waals surface area (Å²) < 4.78 is 6.36. The van der Waals surface area contributed by atoms with Crippen LogP contribution in [0.2, 0.25) is 0 Å². The highest BCUT2D eigenvalue weighted by atomic mass is 35.5. The second kappa shape index (κ2) is 7.52. The van der Waals surface area contributed by atoms with Gasteiger partial charge in [0.15, 0.2) is 11.5 Å². The van der Waals surface area contributed by atoms with Gasteiger partial charge in [0.05, 0.1) is 0 Å². The maximum absolute atomic E-state index is 10.8. The molecule has 0 bridgehead atoms. The molecule has 7 rings (SSSR count). The minimum Gasteiger partial charge on any atom is -0.504 e. The van der Waals surface area contributed by atoms with Crippen LogP contribution in [0, 0.1) is 0 Å². The fourth-order valence-electron chi connectivity index (χ4n) is 5.97. The number of nitrogens with zero attached hydrogens (tertiary/aromatic N) is 1. The molecule has 2 heterocycles. The zero-order valence-corrected chi connectivity index (χ0v) is 19.5. The molecule has 0 saturated heterocycles. The Hall–Kier alpha value is -3.47. The zero-order chi connectivity index (χ0) is 22.3. The van der Waals surface area contributed by atoms with Crippen molar-refractivity contribution in [3.8, 4) is 33.8 Å². The van der Waals surface area contributed by atoms with Gasteiger partial charge in [-0.2, -0.15) is 0 Å². The molecule has 2 aliphatic rings. The highest BCUT2D eigenvalue weighted by Crippen LogP contribution is 2.52. The van der Waals surface area contributed by atoms with Gasteiger partial charge in [-0.1, -0.05) is 54.6 Å². The van der Waals surface area contributed by atoms with Gasteiger partial charge in [0, 0.05) is 34.5 Å². The smallest absolute Gasteiger partial charge is 0.165 e. The van der Waals surface area contributed by atoms with E-state index in [0.717, 1.165) is 63.6 Å². The number of benzene rings is 4. The number of hydrogen-bond donors (Lipinski definition) is 2. The lowest BCUT2D eigenvalue weighted by molar-refractivity contribution is 0.228. The van der Waals surface area contributed by atoms with Gasteiger partial charge < -0.3 is 14.6 Å². The van der Waals surface area contributed by atoms with Crippen LogP contribution in [-0.2, 0) is 12.8 Å². The maximum Gasteiger partial charge on any atom is 0.165 e. The lowest BCUT2D eigenvalue weighted by atomic mass is 9.74. The SMILES string of the molecule is CN1CCc2c(-c3cccc4c3oc3ccccc34)ccc3c2[C@H]1Cc1ccc(O)c(O)c1-3.Cl. The quantitative estimate of drug-likeness (QED) is 0.264. The molecule has 5 heteroatoms. The summed E-state index contributed by atoms with van der Waals surface area (Å²) >= 11 is 0. The van der Waals surface area contributed by atoms with Gasteiger partial charge in [-0.15, -0.1) is 12.4 Å². The highest BCUT2D eigenvalue weighted by molar-refractivity contribution is 6.10. The molecular weight excluding hydrogens is 446 g/mol. The molecule has 4 aromatic carbocycles. The van der Waals surface area contributed by atoms with Crippen LogP contribution in [0.15, 0.2) is 71.1 Å². The van der Waals surface area contributed by atoms with Crippen LogP contribution in [0.3, 0.4) is 0 Å². The molecule has 1 aliphatic heterocycles. The van der Waals surface area contributed by atoms with Crippen LogP contribution in [-0.4, -0.2) is 28.7 Å². The van der Waals surface area contributed by atoms with E-state index in [-0.39, 0.29) is 29.9 Å². The third-order valence-electron chi connectivity index (χ3n) is 7.56. The van der Waals surface area contributed by atoms with Crippen LogP contribution >= 0.6 is 12.4 Å². The second-order valence-electron chi connectivity index (χ2n) is 9.25. The Morgan fingerprint density at radius 2 is 1.65 bits per heavy atom. The van der Waals surface area contributed by atoms with Crippen molar-refractivity contribution in [3.63, 3.8) is 0 Å². The van der Waals surface area contributed by atoms with Crippen molar-refractivity contribution in [2.75, 3.05) is 13.6 Å². The topological polar surface area (TPSA) is 56.8 Å². The summed E-state index contributed by atoms with van der Waals surface area (Å²) in [5.74, 6) is -0.0882. The van der Waals surface area contributed by atoms with E-state index in [1.165, 1.54) is 16.7 Å². The number of phenols is 2. The molecule has 34 heavy (non-hydrogen) atoms. The predicted molar refractivity (Wildman–Crippen MR) is 138 cm³/mol. The Morgan fingerprint density at radius 1 is 0.853 bits per heavy atom. The third-order valence-corrected chi connectivity index (χ3v) is 7.56. The first-order chi connectivity index (χ1) is 16.1. The van der Waals surface area contributed by atoms with Crippen molar-refractivity contribution in [1.82, 2.24) is 4.90 Å². The predicted octanol–water partition coefficient (Wildman–Crippen LogP) is 6.84. The largest absolute Gasteiger partial charge is 0.504 e. The minimum absolute atomic E-state index is 0. The number of hydrogen-bond acceptors (Lipinski definition) is 4. The third kappa shape index (κ3) is 2.76. The number of aromatic hydroxyl groups is 2. The summed E-state index contributed by atoms with van der Waals surface area (Å²) in [6, 6.07) is 22.6. The van der Waals surface area contributed by atoms with E-state index in [1.54, 1.807) is 6.07 Å². The monoisotopic (exact) mass is 469 g/mol. The minimum atomic E-state index is -0.0683. The highest BCUT2D eigenvalue weighted by Gasteiger charge is 2.36. The second-order valence-corrected chi connectivity index (χ2v) is 9.25. The number of furan rings is 1. The van der Waals surface area contributed by atoms with Gasteiger partial charge >= 0.3 is 0 Å². The first-order valence-electron chi connectivity index (χ1n) is 11.4. The van der Waals surface area contributed by atoms with Crippen molar-refractivity contribution in [2.45, 2.75) is 18.9 Å². The number of phenolic OH excluding ortho intramolecular Hbond substituents is 2. The van der Waals surface area contributed by atoms with Crippen LogP contribution < -0.4 is 0 Å². The zero-order valence-electron chi connectivity index (χ0n) is 18.7. The molecule has 0 fully saturated rings. The van der Waals surface area contributed by atoms with Crippen LogP contribution in [0.5, 0.6) is 11.5 Å². The van der Waals surface area contributed by atoms with Crippen LogP contribution in [0.1, 0.15) is 22.7 Å². The average Bonchev–Trinajstić information content (AvgIpc) is 3.22. The standard InChI is InChI=1S/C29H23NO3.ClH/c1-30-14-13-19-17(20-6-4-7-21-18-5-2-3-8-25(18)33-29(20)21)10-11-22-26-16(15-23(30)27(19)22)9-12-24(31)28(26)32;/h2-12,23,31-32H,13-15H2,1H3;1H/t23-;/m1./s1. The summed E-state index contributed by atoms with van der Waals surface area (Å²) in [4.78, 5) is 2.41. The lowest BCUT2D eigenvalue weighted by Gasteiger charge is -2.40. The summed E-state index contributed by atoms with van der Waals surface area (Å²) in [5, 5.41) is 23.2. The Bertz CT molecular complexity index is 1600. The van der Waals surface area contributed by atoms with Crippen LogP contribution in [0.4, 0.5) is 0 Å². The summed E-state index contributed by atoms with van der Waals surface area (Å²) in [7, 11) is 2.18. The van der Waals surface area contributed by atoms with Gasteiger partial charge in [-0.25, -0.2) is 0 Å². The molecule has 4 nitrogen and oxygen atoms in total. The first kappa shape index (κ1) is 21.1. The van der Waals surface area contributed by atoms with Crippen molar-refractivity contribution >= 4 is 34.3 Å². The molecule has 5 aromatic rings. The number of fused-ring (bicyclic) bond motifs is 5. The van der Waals surface area contributed by atoms with Crippen LogP contribution in [0.25, 0.3) is 44.2 Å². The average molecular weight is 470 g/mol. The molecule has 0 unspecified atom stereocenters. The maximum atomic E-state index is 10.8. The fourth-order valence-corrected chi connectivity index (χ4v) is 5.97. The summed E-state index contributed by atoms with van der Waals surface area (Å²) in [6.45, 7) is 0.976. The van der Waals surface area contributed by atoms with E-state index in [2.05, 4.69) is 48.3 Å². The molecule has 0 saturated carbocycles. The molecule has 1 aliphatic carbocycles. The number of rotatable bonds is 1. The fraction of sp³-hybridized carbons (Fsp3) is 0.172. The molecule has 170 valence electrons. The van der Waals surface area contributed by atoms with Gasteiger partial charge in [0.1, 0.15) is 11.2 Å². The summed E-state index contributed by atoms with van der Waals surface area (Å²) in [6.07, 6.45) is 1.75. The molecule has 0 amide bonds. The molecule has 0 spiro atoms. The van der Waals surface area contributed by atoms with E-state index in [4.69, 9.17) is 4.42 Å². The van der Waals surface area contributed by atoms with Gasteiger partial charge in [-0.3, -0.25) is 4.90 Å². The Morgan fingerprint density at radius 3 is 2.53 bits per heavy atom. The molecular formula is C29H24ClNO3. The molecule has 1 aromatic heterocycles. The van der Waals surface area contributed by atoms with Gasteiger partial charge in [0.25, 0.3) is 0 Å². The number of likely N-dealkylation sites (N-methyl/N-ethyl adjacent to an activating group) is 1. The molecule has 0 radical (unpaired) electrons. The van der Waals surface area contributed by atoms with Gasteiger partial charge in [-0.05, 0) is 59.8 Å². The van der Waals surface area contributed by atoms with Crippen molar-refractivity contribution in [1.29, 1.82) is 0 Å². The van der Waals surface area contributed by atoms with E-state index in [1.807, 2.05) is 24.3 Å². The van der Waals surface area contributed by atoms with Crippen molar-refractivity contribution in [3.05, 3.63) is 83.4 Å². The Balaban J connectivity index is 0.00000217. The normalized spacial score (nSPS) is 16.8. The number of para-hydroxylation sites is 2. The lowest BCUT2D eigenvalue weighted by Crippen LogP contribution is -2.35. The first-order valence-corrected chi connectivity index (χ1v) is 11.4. The molecule has 2 N–H and O–H groups in total. The van der Waals surface area contributed by atoms with E-state index >= 15 is 0 Å². The van der Waals surface area contributed by atoms with E-state index in [0.29, 0.717) is 0 Å². The van der Waals surface area contributed by atoms with Gasteiger partial charge in [0.2, 0.25) is 0 Å². The summed E-state index contributed by atoms with van der Waals surface area (Å²) in [5.41, 5.74) is 9.58.